The van der Waals surface area contributed by atoms with Gasteiger partial charge < -0.3 is 10.5 Å². The first-order valence-corrected chi connectivity index (χ1v) is 7.12. The Balaban J connectivity index is 2.13. The van der Waals surface area contributed by atoms with E-state index in [1.807, 2.05) is 32.0 Å². The lowest BCUT2D eigenvalue weighted by Gasteiger charge is -2.09. The molecule has 0 saturated carbocycles. The van der Waals surface area contributed by atoms with Gasteiger partial charge in [-0.05, 0) is 42.7 Å². The molecule has 21 heavy (non-hydrogen) atoms. The molecular weight excluding hydrogens is 309 g/mol. The minimum Gasteiger partial charge on any atom is -0.457 e. The van der Waals surface area contributed by atoms with Crippen molar-refractivity contribution in [3.05, 3.63) is 62.6 Å². The second-order valence-corrected chi connectivity index (χ2v) is 5.64. The first-order valence-electron chi connectivity index (χ1n) is 6.36. The fourth-order valence-electron chi connectivity index (χ4n) is 1.88. The first-order chi connectivity index (χ1) is 9.88. The van der Waals surface area contributed by atoms with Gasteiger partial charge in [0, 0.05) is 5.69 Å². The molecule has 0 aliphatic rings. The number of carbonyl (C=O) groups is 1. The van der Waals surface area contributed by atoms with Crippen molar-refractivity contribution in [2.75, 3.05) is 5.73 Å². The number of hydrogen-bond acceptors (Lipinski definition) is 3. The normalized spacial score (nSPS) is 10.5. The van der Waals surface area contributed by atoms with Gasteiger partial charge in [0.1, 0.15) is 6.61 Å². The van der Waals surface area contributed by atoms with Gasteiger partial charge in [0.15, 0.2) is 0 Å². The van der Waals surface area contributed by atoms with Gasteiger partial charge in [-0.2, -0.15) is 0 Å². The van der Waals surface area contributed by atoms with Crippen LogP contribution in [0.1, 0.15) is 27.0 Å². The third kappa shape index (κ3) is 3.69. The minimum atomic E-state index is -0.549. The Morgan fingerprint density at radius 1 is 1.14 bits per heavy atom. The summed E-state index contributed by atoms with van der Waals surface area (Å²) in [6.07, 6.45) is 0. The Bertz CT molecular complexity index is 699. The Kier molecular flexibility index (Phi) is 4.76. The molecule has 5 heteroatoms. The molecule has 0 fully saturated rings. The number of ether oxygens (including phenoxy) is 1. The summed E-state index contributed by atoms with van der Waals surface area (Å²) in [4.78, 5) is 12.1. The fraction of sp³-hybridized carbons (Fsp3) is 0.188. The number of carbonyl (C=O) groups excluding carboxylic acids is 1. The Morgan fingerprint density at radius 2 is 1.86 bits per heavy atom. The predicted octanol–water partition coefficient (Wildman–Crippen LogP) is 4.55. The Morgan fingerprint density at radius 3 is 2.52 bits per heavy atom. The van der Waals surface area contributed by atoms with Gasteiger partial charge in [0.2, 0.25) is 0 Å². The van der Waals surface area contributed by atoms with Crippen LogP contribution >= 0.6 is 23.2 Å². The molecule has 0 saturated heterocycles. The van der Waals surface area contributed by atoms with Crippen molar-refractivity contribution < 1.29 is 9.53 Å². The van der Waals surface area contributed by atoms with E-state index in [-0.39, 0.29) is 22.2 Å². The van der Waals surface area contributed by atoms with E-state index < -0.39 is 5.97 Å². The molecule has 2 aromatic carbocycles. The monoisotopic (exact) mass is 323 g/mol. The summed E-state index contributed by atoms with van der Waals surface area (Å²) in [5, 5.41) is 0.380. The molecule has 0 atom stereocenters. The van der Waals surface area contributed by atoms with Gasteiger partial charge in [-0.3, -0.25) is 0 Å². The van der Waals surface area contributed by atoms with E-state index >= 15 is 0 Å². The van der Waals surface area contributed by atoms with Gasteiger partial charge in [0.25, 0.3) is 0 Å². The van der Waals surface area contributed by atoms with Crippen molar-refractivity contribution in [3.8, 4) is 0 Å². The van der Waals surface area contributed by atoms with Crippen molar-refractivity contribution in [3.63, 3.8) is 0 Å². The molecule has 2 N–H and O–H groups in total. The highest BCUT2D eigenvalue weighted by molar-refractivity contribution is 6.44. The molecule has 3 nitrogen and oxygen atoms in total. The van der Waals surface area contributed by atoms with Crippen molar-refractivity contribution >= 4 is 34.9 Å². The van der Waals surface area contributed by atoms with Crippen LogP contribution < -0.4 is 5.73 Å². The highest BCUT2D eigenvalue weighted by atomic mass is 35.5. The van der Waals surface area contributed by atoms with Crippen LogP contribution in [0.25, 0.3) is 0 Å². The van der Waals surface area contributed by atoms with Crippen LogP contribution in [-0.2, 0) is 11.3 Å². The number of anilines is 1. The van der Waals surface area contributed by atoms with E-state index in [1.54, 1.807) is 0 Å². The molecule has 0 aliphatic heterocycles. The van der Waals surface area contributed by atoms with Crippen molar-refractivity contribution in [2.24, 2.45) is 0 Å². The van der Waals surface area contributed by atoms with Gasteiger partial charge in [0.05, 0.1) is 15.6 Å². The summed E-state index contributed by atoms with van der Waals surface area (Å²) in [7, 11) is 0. The molecule has 0 bridgehead atoms. The molecule has 2 rings (SSSR count). The number of nitrogen functional groups attached to an aromatic ring is 1. The first kappa shape index (κ1) is 15.7. The van der Waals surface area contributed by atoms with Crippen LogP contribution in [0, 0.1) is 13.8 Å². The van der Waals surface area contributed by atoms with Crippen LogP contribution in [0.4, 0.5) is 5.69 Å². The third-order valence-corrected chi connectivity index (χ3v) is 4.01. The second-order valence-electron chi connectivity index (χ2n) is 4.86. The fourth-order valence-corrected chi connectivity index (χ4v) is 2.29. The molecular formula is C16H15Cl2NO2. The molecule has 0 heterocycles. The zero-order valence-electron chi connectivity index (χ0n) is 11.7. The lowest BCUT2D eigenvalue weighted by Crippen LogP contribution is -2.07. The zero-order valence-corrected chi connectivity index (χ0v) is 13.3. The van der Waals surface area contributed by atoms with Gasteiger partial charge >= 0.3 is 5.97 Å². The number of benzene rings is 2. The largest absolute Gasteiger partial charge is 0.457 e. The molecule has 2 aromatic rings. The van der Waals surface area contributed by atoms with E-state index in [0.29, 0.717) is 5.69 Å². The van der Waals surface area contributed by atoms with Gasteiger partial charge in [-0.25, -0.2) is 4.79 Å². The minimum absolute atomic E-state index is 0.149. The summed E-state index contributed by atoms with van der Waals surface area (Å²) in [5.74, 6) is -0.549. The SMILES string of the molecule is Cc1ccc(COC(=O)c2cc(N)cc(Cl)c2Cl)cc1C. The number of nitrogens with two attached hydrogens (primary N) is 1. The topological polar surface area (TPSA) is 52.3 Å². The third-order valence-electron chi connectivity index (χ3n) is 3.21. The summed E-state index contributed by atoms with van der Waals surface area (Å²) in [5.41, 5.74) is 9.45. The van der Waals surface area contributed by atoms with Crippen LogP contribution in [0.15, 0.2) is 30.3 Å². The predicted molar refractivity (Wildman–Crippen MR) is 85.9 cm³/mol. The van der Waals surface area contributed by atoms with E-state index in [0.717, 1.165) is 11.1 Å². The molecule has 0 amide bonds. The van der Waals surface area contributed by atoms with Gasteiger partial charge in [-0.1, -0.05) is 41.4 Å². The highest BCUT2D eigenvalue weighted by Gasteiger charge is 2.15. The standard InChI is InChI=1S/C16H15Cl2NO2/c1-9-3-4-11(5-10(9)2)8-21-16(20)13-6-12(19)7-14(17)15(13)18/h3-7H,8,19H2,1-2H3. The summed E-state index contributed by atoms with van der Waals surface area (Å²) in [6.45, 7) is 4.21. The number of aryl methyl sites for hydroxylation is 2. The molecule has 0 spiro atoms. The molecule has 0 radical (unpaired) electrons. The molecule has 0 aromatic heterocycles. The smallest absolute Gasteiger partial charge is 0.340 e. The number of hydrogen-bond donors (Lipinski definition) is 1. The maximum absolute atomic E-state index is 12.1. The van der Waals surface area contributed by atoms with Crippen LogP contribution in [-0.4, -0.2) is 5.97 Å². The highest BCUT2D eigenvalue weighted by Crippen LogP contribution is 2.29. The van der Waals surface area contributed by atoms with Crippen LogP contribution in [0.5, 0.6) is 0 Å². The summed E-state index contributed by atoms with van der Waals surface area (Å²) >= 11 is 11.9. The van der Waals surface area contributed by atoms with E-state index in [9.17, 15) is 4.79 Å². The number of halogens is 2. The maximum atomic E-state index is 12.1. The van der Waals surface area contributed by atoms with E-state index in [4.69, 9.17) is 33.7 Å². The average Bonchev–Trinajstić information content (AvgIpc) is 2.43. The second kappa shape index (κ2) is 6.37. The van der Waals surface area contributed by atoms with Crippen molar-refractivity contribution in [2.45, 2.75) is 20.5 Å². The van der Waals surface area contributed by atoms with Crippen LogP contribution in [0.3, 0.4) is 0 Å². The number of rotatable bonds is 3. The molecule has 0 unspecified atom stereocenters. The summed E-state index contributed by atoms with van der Waals surface area (Å²) < 4.78 is 5.26. The van der Waals surface area contributed by atoms with Crippen molar-refractivity contribution in [1.82, 2.24) is 0 Å². The van der Waals surface area contributed by atoms with Gasteiger partial charge in [-0.15, -0.1) is 0 Å². The van der Waals surface area contributed by atoms with Crippen molar-refractivity contribution in [1.29, 1.82) is 0 Å². The van der Waals surface area contributed by atoms with E-state index in [2.05, 4.69) is 0 Å². The average molecular weight is 324 g/mol. The zero-order chi connectivity index (χ0) is 15.6. The molecule has 0 aliphatic carbocycles. The van der Waals surface area contributed by atoms with Crippen LogP contribution in [0.2, 0.25) is 10.0 Å². The Labute approximate surface area is 133 Å². The summed E-state index contributed by atoms with van der Waals surface area (Å²) in [6, 6.07) is 8.84. The van der Waals surface area contributed by atoms with E-state index in [1.165, 1.54) is 17.7 Å². The quantitative estimate of drug-likeness (QED) is 0.666. The lowest BCUT2D eigenvalue weighted by molar-refractivity contribution is 0.0473. The number of esters is 1. The maximum Gasteiger partial charge on any atom is 0.340 e. The molecule has 110 valence electrons. The Hall–Kier alpha value is -1.71. The lowest BCUT2D eigenvalue weighted by atomic mass is 10.1.